The van der Waals surface area contributed by atoms with Crippen molar-refractivity contribution >= 4 is 17.9 Å². The Bertz CT molecular complexity index is 303. The maximum absolute atomic E-state index is 11.0. The number of ether oxygens (including phenoxy) is 1. The summed E-state index contributed by atoms with van der Waals surface area (Å²) in [7, 11) is 0. The molecule has 0 aliphatic heterocycles. The second-order valence-corrected chi connectivity index (χ2v) is 2.70. The molecule has 0 fully saturated rings. The van der Waals surface area contributed by atoms with Gasteiger partial charge in [-0.3, -0.25) is 9.59 Å². The van der Waals surface area contributed by atoms with Crippen LogP contribution in [0, 0.1) is 0 Å². The fraction of sp³-hybridized carbons (Fsp3) is 0.375. The van der Waals surface area contributed by atoms with Gasteiger partial charge in [-0.2, -0.15) is 0 Å². The summed E-state index contributed by atoms with van der Waals surface area (Å²) < 4.78 is 4.38. The third kappa shape index (κ3) is 4.42. The minimum Gasteiger partial charge on any atom is -0.480 e. The van der Waals surface area contributed by atoms with Crippen molar-refractivity contribution in [2.24, 2.45) is 5.73 Å². The van der Waals surface area contributed by atoms with Crippen molar-refractivity contribution in [3.63, 3.8) is 0 Å². The number of carbonyl (C=O) groups excluding carboxylic acids is 1. The predicted molar refractivity (Wildman–Crippen MR) is 51.3 cm³/mol. The number of carboxylic acids is 2. The van der Waals surface area contributed by atoms with Gasteiger partial charge < -0.3 is 26.0 Å². The Hall–Kier alpha value is -2.09. The molecule has 0 saturated carbocycles. The SMILES string of the molecule is C=CNCC(=O)OC(C(=O)O)[C@H](N)C(=O)O. The van der Waals surface area contributed by atoms with Crippen molar-refractivity contribution in [1.82, 2.24) is 5.32 Å². The first-order valence-corrected chi connectivity index (χ1v) is 4.15. The van der Waals surface area contributed by atoms with Gasteiger partial charge in [-0.25, -0.2) is 4.79 Å². The molecule has 0 aliphatic carbocycles. The first-order chi connectivity index (χ1) is 7.40. The molecule has 0 aromatic carbocycles. The third-order valence-electron chi connectivity index (χ3n) is 1.50. The number of nitrogens with two attached hydrogens (primary N) is 1. The molecule has 0 aromatic rings. The highest BCUT2D eigenvalue weighted by atomic mass is 16.6. The van der Waals surface area contributed by atoms with Gasteiger partial charge in [0.2, 0.25) is 6.10 Å². The molecule has 90 valence electrons. The molecule has 1 unspecified atom stereocenters. The molecule has 0 rings (SSSR count). The Morgan fingerprint density at radius 1 is 1.38 bits per heavy atom. The standard InChI is InChI=1S/C8H12N2O6/c1-2-10-3-4(11)16-6(8(14)15)5(9)7(12)13/h2,5-6,10H,1,3,9H2,(H,12,13)(H,14,15)/t5-,6?/m0/s1. The van der Waals surface area contributed by atoms with Crippen molar-refractivity contribution in [2.75, 3.05) is 6.54 Å². The smallest absolute Gasteiger partial charge is 0.347 e. The molecule has 0 aromatic heterocycles. The molecule has 8 heteroatoms. The normalized spacial score (nSPS) is 13.3. The summed E-state index contributed by atoms with van der Waals surface area (Å²) >= 11 is 0. The van der Waals surface area contributed by atoms with E-state index in [1.165, 1.54) is 6.20 Å². The lowest BCUT2D eigenvalue weighted by atomic mass is 10.2. The molecule has 0 radical (unpaired) electrons. The second-order valence-electron chi connectivity index (χ2n) is 2.70. The van der Waals surface area contributed by atoms with Gasteiger partial charge >= 0.3 is 17.9 Å². The van der Waals surface area contributed by atoms with Crippen LogP contribution in [0.1, 0.15) is 0 Å². The van der Waals surface area contributed by atoms with Crippen LogP contribution < -0.4 is 11.1 Å². The number of esters is 1. The van der Waals surface area contributed by atoms with E-state index in [4.69, 9.17) is 15.9 Å². The van der Waals surface area contributed by atoms with Crippen LogP contribution in [0.15, 0.2) is 12.8 Å². The number of carbonyl (C=O) groups is 3. The highest BCUT2D eigenvalue weighted by molar-refractivity contribution is 5.86. The maximum Gasteiger partial charge on any atom is 0.347 e. The molecule has 0 bridgehead atoms. The molecule has 0 heterocycles. The lowest BCUT2D eigenvalue weighted by molar-refractivity contribution is -0.168. The Morgan fingerprint density at radius 2 is 1.94 bits per heavy atom. The number of aliphatic carboxylic acids is 2. The Balaban J connectivity index is 4.45. The van der Waals surface area contributed by atoms with Crippen LogP contribution in [0.4, 0.5) is 0 Å². The van der Waals surface area contributed by atoms with E-state index >= 15 is 0 Å². The van der Waals surface area contributed by atoms with E-state index < -0.39 is 30.1 Å². The van der Waals surface area contributed by atoms with E-state index in [0.29, 0.717) is 0 Å². The van der Waals surface area contributed by atoms with Gasteiger partial charge in [0.25, 0.3) is 0 Å². The second kappa shape index (κ2) is 6.40. The van der Waals surface area contributed by atoms with Gasteiger partial charge in [0.1, 0.15) is 6.54 Å². The molecule has 5 N–H and O–H groups in total. The van der Waals surface area contributed by atoms with Crippen LogP contribution in [-0.4, -0.2) is 46.8 Å². The number of hydrogen-bond donors (Lipinski definition) is 4. The predicted octanol–water partition coefficient (Wildman–Crippen LogP) is -1.87. The highest BCUT2D eigenvalue weighted by Gasteiger charge is 2.34. The number of carboxylic acid groups (broad SMARTS) is 2. The van der Waals surface area contributed by atoms with Crippen LogP contribution >= 0.6 is 0 Å². The van der Waals surface area contributed by atoms with E-state index in [0.717, 1.165) is 0 Å². The lowest BCUT2D eigenvalue weighted by Gasteiger charge is -2.16. The first kappa shape index (κ1) is 13.9. The largest absolute Gasteiger partial charge is 0.480 e. The highest BCUT2D eigenvalue weighted by Crippen LogP contribution is 1.99. The summed E-state index contributed by atoms with van der Waals surface area (Å²) in [6.45, 7) is 2.94. The van der Waals surface area contributed by atoms with Gasteiger partial charge in [-0.05, 0) is 6.20 Å². The quantitative estimate of drug-likeness (QED) is 0.374. The number of hydrogen-bond acceptors (Lipinski definition) is 6. The summed E-state index contributed by atoms with van der Waals surface area (Å²) in [4.78, 5) is 32.0. The van der Waals surface area contributed by atoms with Crippen molar-refractivity contribution in [2.45, 2.75) is 12.1 Å². The fourth-order valence-electron chi connectivity index (χ4n) is 0.746. The average Bonchev–Trinajstić information content (AvgIpc) is 2.21. The van der Waals surface area contributed by atoms with Crippen LogP contribution in [0.3, 0.4) is 0 Å². The molecule has 0 amide bonds. The van der Waals surface area contributed by atoms with E-state index in [1.807, 2.05) is 0 Å². The Labute approximate surface area is 90.7 Å². The monoisotopic (exact) mass is 232 g/mol. The number of nitrogens with one attached hydrogen (secondary N) is 1. The molecule has 2 atom stereocenters. The van der Waals surface area contributed by atoms with E-state index in [2.05, 4.69) is 16.6 Å². The molecular formula is C8H12N2O6. The zero-order chi connectivity index (χ0) is 12.7. The van der Waals surface area contributed by atoms with Crippen molar-refractivity contribution in [1.29, 1.82) is 0 Å². The van der Waals surface area contributed by atoms with Crippen LogP contribution in [0.2, 0.25) is 0 Å². The van der Waals surface area contributed by atoms with E-state index in [9.17, 15) is 14.4 Å². The van der Waals surface area contributed by atoms with Crippen LogP contribution in [-0.2, 0) is 19.1 Å². The lowest BCUT2D eigenvalue weighted by Crippen LogP contribution is -2.49. The Kier molecular flexibility index (Phi) is 5.57. The van der Waals surface area contributed by atoms with Crippen LogP contribution in [0.25, 0.3) is 0 Å². The zero-order valence-electron chi connectivity index (χ0n) is 8.25. The zero-order valence-corrected chi connectivity index (χ0v) is 8.25. The first-order valence-electron chi connectivity index (χ1n) is 4.15. The number of rotatable bonds is 7. The molecule has 8 nitrogen and oxygen atoms in total. The third-order valence-corrected chi connectivity index (χ3v) is 1.50. The minimum atomic E-state index is -1.92. The summed E-state index contributed by atoms with van der Waals surface area (Å²) in [5, 5.41) is 19.5. The van der Waals surface area contributed by atoms with Gasteiger partial charge in [-0.1, -0.05) is 6.58 Å². The minimum absolute atomic E-state index is 0.320. The van der Waals surface area contributed by atoms with Crippen molar-refractivity contribution < 1.29 is 29.3 Å². The molecule has 0 saturated heterocycles. The van der Waals surface area contributed by atoms with Gasteiger partial charge in [-0.15, -0.1) is 0 Å². The molecule has 16 heavy (non-hydrogen) atoms. The van der Waals surface area contributed by atoms with Crippen molar-refractivity contribution in [3.05, 3.63) is 12.8 Å². The van der Waals surface area contributed by atoms with Crippen LogP contribution in [0.5, 0.6) is 0 Å². The van der Waals surface area contributed by atoms with E-state index in [-0.39, 0.29) is 6.54 Å². The Morgan fingerprint density at radius 3 is 2.31 bits per heavy atom. The summed E-state index contributed by atoms with van der Waals surface area (Å²) in [5.74, 6) is -4.14. The fourth-order valence-corrected chi connectivity index (χ4v) is 0.746. The van der Waals surface area contributed by atoms with Gasteiger partial charge in [0.05, 0.1) is 0 Å². The molecule has 0 aliphatic rings. The van der Waals surface area contributed by atoms with Crippen molar-refractivity contribution in [3.8, 4) is 0 Å². The molecular weight excluding hydrogens is 220 g/mol. The topological polar surface area (TPSA) is 139 Å². The van der Waals surface area contributed by atoms with Gasteiger partial charge in [0.15, 0.2) is 6.04 Å². The summed E-state index contributed by atoms with van der Waals surface area (Å²) in [6, 6.07) is -1.81. The summed E-state index contributed by atoms with van der Waals surface area (Å²) in [6.07, 6.45) is -0.717. The van der Waals surface area contributed by atoms with E-state index in [1.54, 1.807) is 0 Å². The average molecular weight is 232 g/mol. The maximum atomic E-state index is 11.0. The van der Waals surface area contributed by atoms with Gasteiger partial charge in [0, 0.05) is 0 Å². The summed E-state index contributed by atoms with van der Waals surface area (Å²) in [5.41, 5.74) is 5.04. The molecule has 0 spiro atoms.